The van der Waals surface area contributed by atoms with Crippen LogP contribution < -0.4 is 11.1 Å². The van der Waals surface area contributed by atoms with Gasteiger partial charge in [-0.05, 0) is 31.2 Å². The van der Waals surface area contributed by atoms with Gasteiger partial charge >= 0.3 is 0 Å². The van der Waals surface area contributed by atoms with Crippen molar-refractivity contribution in [2.45, 2.75) is 32.1 Å². The molecule has 0 spiro atoms. The molecule has 1 saturated heterocycles. The van der Waals surface area contributed by atoms with E-state index in [1.165, 1.54) is 11.3 Å². The van der Waals surface area contributed by atoms with Crippen molar-refractivity contribution in [2.75, 3.05) is 32.1 Å². The molecule has 7 nitrogen and oxygen atoms in total. The molecule has 2 aliphatic rings. The Balaban J connectivity index is 1.72. The first-order valence-corrected chi connectivity index (χ1v) is 9.34. The number of carbonyl (C=O) groups excluding carboxylic acids is 3. The molecule has 3 amide bonds. The Hall–Kier alpha value is -1.93. The highest BCUT2D eigenvalue weighted by molar-refractivity contribution is 7.17. The zero-order chi connectivity index (χ0) is 18.0. The van der Waals surface area contributed by atoms with E-state index in [-0.39, 0.29) is 18.2 Å². The standard InChI is InChI=1S/C17H23N3O4S/c1-24-7-6-20-9-10(8-13(20)21)16(23)19-17-14(15(18)22)11-4-2-3-5-12(11)25-17/h10H,2-9H2,1H3,(H2,18,22)(H,19,23). The molecule has 1 aromatic heterocycles. The molecule has 0 aromatic carbocycles. The molecule has 2 heterocycles. The summed E-state index contributed by atoms with van der Waals surface area (Å²) in [7, 11) is 1.58. The summed E-state index contributed by atoms with van der Waals surface area (Å²) in [5.41, 5.74) is 6.99. The highest BCUT2D eigenvalue weighted by atomic mass is 32.1. The van der Waals surface area contributed by atoms with Crippen molar-refractivity contribution in [2.24, 2.45) is 11.7 Å². The van der Waals surface area contributed by atoms with Crippen LogP contribution >= 0.6 is 11.3 Å². The SMILES string of the molecule is COCCN1CC(C(=O)Nc2sc3c(c2C(N)=O)CCCC3)CC1=O. The average molecular weight is 365 g/mol. The Morgan fingerprint density at radius 1 is 1.36 bits per heavy atom. The van der Waals surface area contributed by atoms with Crippen LogP contribution in [-0.2, 0) is 27.2 Å². The molecule has 0 bridgehead atoms. The van der Waals surface area contributed by atoms with Crippen molar-refractivity contribution >= 4 is 34.1 Å². The summed E-state index contributed by atoms with van der Waals surface area (Å²) in [6, 6.07) is 0. The Morgan fingerprint density at radius 2 is 2.12 bits per heavy atom. The van der Waals surface area contributed by atoms with E-state index >= 15 is 0 Å². The second kappa shape index (κ2) is 7.53. The van der Waals surface area contributed by atoms with Gasteiger partial charge in [-0.3, -0.25) is 14.4 Å². The number of ether oxygens (including phenoxy) is 1. The van der Waals surface area contributed by atoms with Crippen LogP contribution in [0.5, 0.6) is 0 Å². The van der Waals surface area contributed by atoms with E-state index in [0.717, 1.165) is 36.1 Å². The molecule has 8 heteroatoms. The van der Waals surface area contributed by atoms with Gasteiger partial charge in [-0.1, -0.05) is 0 Å². The zero-order valence-electron chi connectivity index (χ0n) is 14.3. The first-order chi connectivity index (χ1) is 12.0. The number of hydrogen-bond donors (Lipinski definition) is 2. The highest BCUT2D eigenvalue weighted by Gasteiger charge is 2.35. The molecular weight excluding hydrogens is 342 g/mol. The lowest BCUT2D eigenvalue weighted by atomic mass is 9.95. The highest BCUT2D eigenvalue weighted by Crippen LogP contribution is 2.38. The fourth-order valence-electron chi connectivity index (χ4n) is 3.49. The molecule has 1 atom stereocenters. The Kier molecular flexibility index (Phi) is 5.39. The summed E-state index contributed by atoms with van der Waals surface area (Å²) in [5.74, 6) is -1.18. The summed E-state index contributed by atoms with van der Waals surface area (Å²) in [6.45, 7) is 1.31. The number of methoxy groups -OCH3 is 1. The summed E-state index contributed by atoms with van der Waals surface area (Å²) in [6.07, 6.45) is 4.05. The van der Waals surface area contributed by atoms with Crippen LogP contribution in [0.2, 0.25) is 0 Å². The van der Waals surface area contributed by atoms with Crippen molar-refractivity contribution in [3.8, 4) is 0 Å². The van der Waals surface area contributed by atoms with Gasteiger partial charge < -0.3 is 20.7 Å². The Morgan fingerprint density at radius 3 is 2.84 bits per heavy atom. The smallest absolute Gasteiger partial charge is 0.251 e. The number of primary amides is 1. The minimum absolute atomic E-state index is 0.0437. The number of likely N-dealkylation sites (tertiary alicyclic amines) is 1. The Bertz CT molecular complexity index is 700. The van der Waals surface area contributed by atoms with Crippen molar-refractivity contribution in [1.29, 1.82) is 0 Å². The predicted molar refractivity (Wildman–Crippen MR) is 94.7 cm³/mol. The number of thiophene rings is 1. The number of nitrogens with one attached hydrogen (secondary N) is 1. The Labute approximate surface area is 150 Å². The molecule has 25 heavy (non-hydrogen) atoms. The maximum absolute atomic E-state index is 12.6. The van der Waals surface area contributed by atoms with Crippen LogP contribution in [0.3, 0.4) is 0 Å². The van der Waals surface area contributed by atoms with E-state index in [4.69, 9.17) is 10.5 Å². The van der Waals surface area contributed by atoms with E-state index in [0.29, 0.717) is 30.3 Å². The third kappa shape index (κ3) is 3.69. The number of amides is 3. The lowest BCUT2D eigenvalue weighted by molar-refractivity contribution is -0.128. The third-order valence-corrected chi connectivity index (χ3v) is 6.01. The van der Waals surface area contributed by atoms with Gasteiger partial charge in [0.25, 0.3) is 5.91 Å². The van der Waals surface area contributed by atoms with Gasteiger partial charge in [0.1, 0.15) is 5.00 Å². The van der Waals surface area contributed by atoms with E-state index in [1.54, 1.807) is 12.0 Å². The number of nitrogens with zero attached hydrogens (tertiary/aromatic N) is 1. The number of fused-ring (bicyclic) bond motifs is 1. The first kappa shape index (κ1) is 17.9. The molecule has 1 fully saturated rings. The summed E-state index contributed by atoms with van der Waals surface area (Å²) >= 11 is 1.44. The summed E-state index contributed by atoms with van der Waals surface area (Å²) < 4.78 is 4.99. The topological polar surface area (TPSA) is 102 Å². The maximum Gasteiger partial charge on any atom is 0.251 e. The molecule has 1 aromatic rings. The number of carbonyl (C=O) groups is 3. The van der Waals surface area contributed by atoms with Gasteiger partial charge in [0.15, 0.2) is 0 Å². The predicted octanol–water partition coefficient (Wildman–Crippen LogP) is 1.16. The van der Waals surface area contributed by atoms with E-state index in [1.807, 2.05) is 0 Å². The number of aryl methyl sites for hydroxylation is 1. The lowest BCUT2D eigenvalue weighted by Crippen LogP contribution is -2.31. The van der Waals surface area contributed by atoms with Gasteiger partial charge in [0.05, 0.1) is 18.1 Å². The van der Waals surface area contributed by atoms with Crippen molar-refractivity contribution in [1.82, 2.24) is 4.90 Å². The maximum atomic E-state index is 12.6. The van der Waals surface area contributed by atoms with Crippen molar-refractivity contribution in [3.05, 3.63) is 16.0 Å². The lowest BCUT2D eigenvalue weighted by Gasteiger charge is -2.15. The number of anilines is 1. The van der Waals surface area contributed by atoms with Crippen LogP contribution in [0.15, 0.2) is 0 Å². The van der Waals surface area contributed by atoms with Crippen molar-refractivity contribution < 1.29 is 19.1 Å². The minimum Gasteiger partial charge on any atom is -0.383 e. The average Bonchev–Trinajstić information content (AvgIpc) is 3.13. The zero-order valence-corrected chi connectivity index (χ0v) is 15.1. The molecule has 136 valence electrons. The normalized spacial score (nSPS) is 19.8. The van der Waals surface area contributed by atoms with Gasteiger partial charge in [-0.15, -0.1) is 11.3 Å². The van der Waals surface area contributed by atoms with Crippen LogP contribution in [0.25, 0.3) is 0 Å². The van der Waals surface area contributed by atoms with Crippen LogP contribution in [0.4, 0.5) is 5.00 Å². The monoisotopic (exact) mass is 365 g/mol. The molecule has 1 aliphatic carbocycles. The molecule has 0 radical (unpaired) electrons. The van der Waals surface area contributed by atoms with Crippen LogP contribution in [0, 0.1) is 5.92 Å². The second-order valence-corrected chi connectivity index (χ2v) is 7.61. The number of hydrogen-bond acceptors (Lipinski definition) is 5. The van der Waals surface area contributed by atoms with Gasteiger partial charge in [0, 0.05) is 31.5 Å². The molecule has 1 unspecified atom stereocenters. The van der Waals surface area contributed by atoms with Gasteiger partial charge in [-0.2, -0.15) is 0 Å². The molecule has 1 aliphatic heterocycles. The fourth-order valence-corrected chi connectivity index (χ4v) is 4.79. The quantitative estimate of drug-likeness (QED) is 0.790. The van der Waals surface area contributed by atoms with E-state index in [2.05, 4.69) is 5.32 Å². The van der Waals surface area contributed by atoms with Crippen molar-refractivity contribution in [3.63, 3.8) is 0 Å². The molecular formula is C17H23N3O4S. The fraction of sp³-hybridized carbons (Fsp3) is 0.588. The van der Waals surface area contributed by atoms with E-state index < -0.39 is 11.8 Å². The largest absolute Gasteiger partial charge is 0.383 e. The number of nitrogens with two attached hydrogens (primary N) is 1. The molecule has 0 saturated carbocycles. The van der Waals surface area contributed by atoms with Crippen LogP contribution in [0.1, 0.15) is 40.1 Å². The second-order valence-electron chi connectivity index (χ2n) is 6.50. The first-order valence-electron chi connectivity index (χ1n) is 8.53. The third-order valence-electron chi connectivity index (χ3n) is 4.81. The minimum atomic E-state index is -0.501. The number of rotatable bonds is 6. The van der Waals surface area contributed by atoms with E-state index in [9.17, 15) is 14.4 Å². The van der Waals surface area contributed by atoms with Gasteiger partial charge in [0.2, 0.25) is 11.8 Å². The summed E-state index contributed by atoms with van der Waals surface area (Å²) in [4.78, 5) is 39.3. The molecule has 3 rings (SSSR count). The van der Waals surface area contributed by atoms with Gasteiger partial charge in [-0.25, -0.2) is 0 Å². The molecule has 3 N–H and O–H groups in total. The summed E-state index contributed by atoms with van der Waals surface area (Å²) in [5, 5.41) is 3.39. The van der Waals surface area contributed by atoms with Crippen LogP contribution in [-0.4, -0.2) is 49.4 Å².